The Hall–Kier alpha value is -0.310. The van der Waals surface area contributed by atoms with Crippen LogP contribution in [0.3, 0.4) is 0 Å². The van der Waals surface area contributed by atoms with Crippen LogP contribution in [-0.2, 0) is 9.53 Å². The van der Waals surface area contributed by atoms with Crippen molar-refractivity contribution in [3.8, 4) is 0 Å². The van der Waals surface area contributed by atoms with E-state index < -0.39 is 5.60 Å². The van der Waals surface area contributed by atoms with Gasteiger partial charge in [0.05, 0.1) is 0 Å². The first-order valence-electron chi connectivity index (χ1n) is 3.84. The Morgan fingerprint density at radius 1 is 1.50 bits per heavy atom. The maximum absolute atomic E-state index is 11.2. The summed E-state index contributed by atoms with van der Waals surface area (Å²) in [6, 6.07) is 0. The molecule has 0 fully saturated rings. The Labute approximate surface area is 82.1 Å². The van der Waals surface area contributed by atoms with Gasteiger partial charge in [0.2, 0.25) is 0 Å². The van der Waals surface area contributed by atoms with E-state index in [1.807, 2.05) is 20.8 Å². The Kier molecular flexibility index (Phi) is 4.53. The highest BCUT2D eigenvalue weighted by Crippen LogP contribution is 2.12. The molecule has 0 aliphatic heterocycles. The average Bonchev–Trinajstić information content (AvgIpc) is 1.84. The number of ether oxygens (including phenoxy) is 1. The van der Waals surface area contributed by atoms with E-state index in [9.17, 15) is 4.79 Å². The van der Waals surface area contributed by atoms with Crippen LogP contribution < -0.4 is 0 Å². The number of hydrogen-bond acceptors (Lipinski definition) is 2. The summed E-state index contributed by atoms with van der Waals surface area (Å²) in [5.41, 5.74) is 0.0913. The van der Waals surface area contributed by atoms with Crippen LogP contribution in [-0.4, -0.2) is 16.9 Å². The molecule has 2 nitrogen and oxygen atoms in total. The fourth-order valence-electron chi connectivity index (χ4n) is 0.566. The molecule has 0 saturated carbocycles. The van der Waals surface area contributed by atoms with Crippen LogP contribution in [0.4, 0.5) is 0 Å². The highest BCUT2D eigenvalue weighted by atomic mass is 79.9. The quantitative estimate of drug-likeness (QED) is 0.427. The van der Waals surface area contributed by atoms with Gasteiger partial charge in [0.15, 0.2) is 0 Å². The fraction of sp³-hybridized carbons (Fsp3) is 0.667. The normalized spacial score (nSPS) is 11.0. The Morgan fingerprint density at radius 3 is 2.33 bits per heavy atom. The summed E-state index contributed by atoms with van der Waals surface area (Å²) in [4.78, 5) is 11.2. The Bertz CT molecular complexity index is 179. The summed E-state index contributed by atoms with van der Waals surface area (Å²) >= 11 is 3.23. The first-order valence-corrected chi connectivity index (χ1v) is 4.96. The zero-order chi connectivity index (χ0) is 9.78. The summed E-state index contributed by atoms with van der Waals surface area (Å²) < 4.78 is 5.09. The van der Waals surface area contributed by atoms with Gasteiger partial charge >= 0.3 is 5.97 Å². The highest BCUT2D eigenvalue weighted by molar-refractivity contribution is 9.09. The van der Waals surface area contributed by atoms with Crippen molar-refractivity contribution < 1.29 is 9.53 Å². The van der Waals surface area contributed by atoms with Crippen LogP contribution in [0.5, 0.6) is 0 Å². The number of esters is 1. The van der Waals surface area contributed by atoms with Crippen molar-refractivity contribution in [3.05, 3.63) is 12.2 Å². The predicted octanol–water partition coefficient (Wildman–Crippen LogP) is 2.67. The monoisotopic (exact) mass is 234 g/mol. The minimum absolute atomic E-state index is 0.304. The molecule has 0 heterocycles. The van der Waals surface area contributed by atoms with E-state index in [1.54, 1.807) is 0 Å². The molecular formula is C9H15BrO2. The lowest BCUT2D eigenvalue weighted by Crippen LogP contribution is -2.24. The fourth-order valence-corrected chi connectivity index (χ4v) is 1.05. The number of rotatable bonds is 3. The van der Waals surface area contributed by atoms with Crippen LogP contribution in [0.25, 0.3) is 0 Å². The smallest absolute Gasteiger partial charge is 0.333 e. The molecule has 0 saturated heterocycles. The first kappa shape index (κ1) is 11.7. The molecule has 3 heteroatoms. The van der Waals surface area contributed by atoms with Crippen molar-refractivity contribution in [2.45, 2.75) is 32.8 Å². The van der Waals surface area contributed by atoms with Gasteiger partial charge in [-0.1, -0.05) is 22.5 Å². The molecule has 0 atom stereocenters. The van der Waals surface area contributed by atoms with Crippen molar-refractivity contribution in [3.63, 3.8) is 0 Å². The number of halogens is 1. The van der Waals surface area contributed by atoms with E-state index in [0.717, 1.165) is 5.33 Å². The highest BCUT2D eigenvalue weighted by Gasteiger charge is 2.17. The number of carbonyl (C=O) groups excluding carboxylic acids is 1. The van der Waals surface area contributed by atoms with Gasteiger partial charge in [-0.15, -0.1) is 0 Å². The molecule has 0 radical (unpaired) electrons. The van der Waals surface area contributed by atoms with Gasteiger partial charge in [-0.2, -0.15) is 0 Å². The summed E-state index contributed by atoms with van der Waals surface area (Å²) in [6.45, 7) is 9.14. The lowest BCUT2D eigenvalue weighted by Gasteiger charge is -2.19. The predicted molar refractivity (Wildman–Crippen MR) is 53.4 cm³/mol. The molecule has 0 N–H and O–H groups in total. The Balaban J connectivity index is 3.97. The SMILES string of the molecule is C=C(CCBr)C(=O)OC(C)(C)C. The van der Waals surface area contributed by atoms with Crippen LogP contribution >= 0.6 is 15.9 Å². The molecule has 0 aromatic rings. The third-order valence-corrected chi connectivity index (χ3v) is 1.48. The summed E-state index contributed by atoms with van der Waals surface area (Å²) in [7, 11) is 0. The molecule has 70 valence electrons. The summed E-state index contributed by atoms with van der Waals surface area (Å²) in [5.74, 6) is -0.304. The van der Waals surface area contributed by atoms with Gasteiger partial charge in [0, 0.05) is 10.9 Å². The van der Waals surface area contributed by atoms with Crippen LogP contribution in [0.1, 0.15) is 27.2 Å². The van der Waals surface area contributed by atoms with Crippen molar-refractivity contribution in [1.82, 2.24) is 0 Å². The maximum Gasteiger partial charge on any atom is 0.333 e. The van der Waals surface area contributed by atoms with Crippen molar-refractivity contribution in [1.29, 1.82) is 0 Å². The van der Waals surface area contributed by atoms with Gasteiger partial charge in [-0.3, -0.25) is 0 Å². The molecule has 0 aromatic heterocycles. The molecular weight excluding hydrogens is 220 g/mol. The average molecular weight is 235 g/mol. The first-order chi connectivity index (χ1) is 5.37. The van der Waals surface area contributed by atoms with Gasteiger partial charge in [-0.05, 0) is 27.2 Å². The molecule has 0 unspecified atom stereocenters. The maximum atomic E-state index is 11.2. The molecule has 0 bridgehead atoms. The second-order valence-electron chi connectivity index (χ2n) is 3.54. The van der Waals surface area contributed by atoms with Crippen LogP contribution in [0.2, 0.25) is 0 Å². The van der Waals surface area contributed by atoms with E-state index in [1.165, 1.54) is 0 Å². The molecule has 0 aliphatic carbocycles. The minimum atomic E-state index is -0.424. The van der Waals surface area contributed by atoms with Crippen molar-refractivity contribution in [2.24, 2.45) is 0 Å². The van der Waals surface area contributed by atoms with Crippen molar-refractivity contribution in [2.75, 3.05) is 5.33 Å². The minimum Gasteiger partial charge on any atom is -0.457 e. The van der Waals surface area contributed by atoms with E-state index in [4.69, 9.17) is 4.74 Å². The van der Waals surface area contributed by atoms with E-state index >= 15 is 0 Å². The van der Waals surface area contributed by atoms with E-state index in [-0.39, 0.29) is 5.97 Å². The molecule has 0 spiro atoms. The van der Waals surface area contributed by atoms with Crippen LogP contribution in [0, 0.1) is 0 Å². The molecule has 12 heavy (non-hydrogen) atoms. The van der Waals surface area contributed by atoms with Gasteiger partial charge in [0.25, 0.3) is 0 Å². The van der Waals surface area contributed by atoms with Crippen molar-refractivity contribution >= 4 is 21.9 Å². The summed E-state index contributed by atoms with van der Waals surface area (Å²) in [5, 5.41) is 0.741. The lowest BCUT2D eigenvalue weighted by molar-refractivity contribution is -0.149. The third kappa shape index (κ3) is 5.35. The zero-order valence-electron chi connectivity index (χ0n) is 7.82. The molecule has 0 aromatic carbocycles. The van der Waals surface area contributed by atoms with E-state index in [0.29, 0.717) is 12.0 Å². The van der Waals surface area contributed by atoms with E-state index in [2.05, 4.69) is 22.5 Å². The van der Waals surface area contributed by atoms with Crippen LogP contribution in [0.15, 0.2) is 12.2 Å². The largest absolute Gasteiger partial charge is 0.457 e. The lowest BCUT2D eigenvalue weighted by atomic mass is 10.2. The van der Waals surface area contributed by atoms with Gasteiger partial charge < -0.3 is 4.74 Å². The molecule has 0 rings (SSSR count). The summed E-state index contributed by atoms with van der Waals surface area (Å²) in [6.07, 6.45) is 0.634. The molecule has 0 aliphatic rings. The standard InChI is InChI=1S/C9H15BrO2/c1-7(5-6-10)8(11)12-9(2,3)4/h1,5-6H2,2-4H3. The second-order valence-corrected chi connectivity index (χ2v) is 4.34. The topological polar surface area (TPSA) is 26.3 Å². The van der Waals surface area contributed by atoms with Gasteiger partial charge in [0.1, 0.15) is 5.60 Å². The Morgan fingerprint density at radius 2 is 2.00 bits per heavy atom. The number of hydrogen-bond donors (Lipinski definition) is 0. The molecule has 0 amide bonds. The zero-order valence-corrected chi connectivity index (χ0v) is 9.40. The van der Waals surface area contributed by atoms with Gasteiger partial charge in [-0.25, -0.2) is 4.79 Å². The second kappa shape index (κ2) is 4.65. The third-order valence-electron chi connectivity index (χ3n) is 1.08. The number of carbonyl (C=O) groups is 1. The number of alkyl halides is 1.